The van der Waals surface area contributed by atoms with Crippen molar-refractivity contribution in [3.63, 3.8) is 0 Å². The maximum Gasteiger partial charge on any atom is 0.244 e. The van der Waals surface area contributed by atoms with Gasteiger partial charge >= 0.3 is 0 Å². The first-order valence-corrected chi connectivity index (χ1v) is 7.06. The Labute approximate surface area is 129 Å². The summed E-state index contributed by atoms with van der Waals surface area (Å²) in [7, 11) is 0. The Balaban J connectivity index is 1.93. The zero-order valence-electron chi connectivity index (χ0n) is 12.1. The minimum atomic E-state index is -0.139. The van der Waals surface area contributed by atoms with Gasteiger partial charge in [0.2, 0.25) is 5.91 Å². The van der Waals surface area contributed by atoms with E-state index < -0.39 is 0 Å². The summed E-state index contributed by atoms with van der Waals surface area (Å²) in [6.45, 7) is 4.04. The molecule has 0 saturated heterocycles. The predicted molar refractivity (Wildman–Crippen MR) is 86.8 cm³/mol. The molecule has 0 unspecified atom stereocenters. The van der Waals surface area contributed by atoms with E-state index >= 15 is 0 Å². The number of hydrazone groups is 1. The number of benzene rings is 2. The van der Waals surface area contributed by atoms with Gasteiger partial charge in [0.25, 0.3) is 0 Å². The second-order valence-electron chi connectivity index (χ2n) is 4.95. The summed E-state index contributed by atoms with van der Waals surface area (Å²) in [5.74, 6) is -0.139. The lowest BCUT2D eigenvalue weighted by molar-refractivity contribution is -0.120. The monoisotopic (exact) mass is 300 g/mol. The topological polar surface area (TPSA) is 41.5 Å². The van der Waals surface area contributed by atoms with Crippen LogP contribution in [0.5, 0.6) is 0 Å². The molecular weight excluding hydrogens is 284 g/mol. The van der Waals surface area contributed by atoms with Gasteiger partial charge in [-0.1, -0.05) is 47.5 Å². The standard InChI is InChI=1S/C17H17ClN2O/c1-12-6-7-15(13(2)8-12)10-17(21)20-19-11-14-4-3-5-16(18)9-14/h3-9,11H,10H2,1-2H3,(H,20,21)/b19-11-. The van der Waals surface area contributed by atoms with Crippen LogP contribution >= 0.6 is 11.6 Å². The highest BCUT2D eigenvalue weighted by molar-refractivity contribution is 6.30. The number of aryl methyl sites for hydroxylation is 2. The summed E-state index contributed by atoms with van der Waals surface area (Å²) < 4.78 is 0. The Morgan fingerprint density at radius 1 is 1.24 bits per heavy atom. The van der Waals surface area contributed by atoms with E-state index in [0.717, 1.165) is 16.7 Å². The number of halogens is 1. The minimum Gasteiger partial charge on any atom is -0.273 e. The van der Waals surface area contributed by atoms with Crippen molar-refractivity contribution >= 4 is 23.7 Å². The fourth-order valence-corrected chi connectivity index (χ4v) is 2.22. The smallest absolute Gasteiger partial charge is 0.244 e. The van der Waals surface area contributed by atoms with E-state index in [-0.39, 0.29) is 5.91 Å². The summed E-state index contributed by atoms with van der Waals surface area (Å²) in [5.41, 5.74) is 6.69. The Morgan fingerprint density at radius 2 is 2.05 bits per heavy atom. The van der Waals surface area contributed by atoms with Gasteiger partial charge < -0.3 is 0 Å². The summed E-state index contributed by atoms with van der Waals surface area (Å²) in [4.78, 5) is 11.9. The molecular formula is C17H17ClN2O. The molecule has 1 N–H and O–H groups in total. The molecule has 0 aliphatic carbocycles. The van der Waals surface area contributed by atoms with Gasteiger partial charge in [-0.05, 0) is 42.7 Å². The van der Waals surface area contributed by atoms with E-state index in [2.05, 4.69) is 16.6 Å². The molecule has 21 heavy (non-hydrogen) atoms. The zero-order chi connectivity index (χ0) is 15.2. The molecule has 2 rings (SSSR count). The minimum absolute atomic E-state index is 0.139. The zero-order valence-corrected chi connectivity index (χ0v) is 12.8. The van der Waals surface area contributed by atoms with Gasteiger partial charge in [-0.2, -0.15) is 5.10 Å². The van der Waals surface area contributed by atoms with Crippen molar-refractivity contribution in [3.8, 4) is 0 Å². The molecule has 2 aromatic carbocycles. The van der Waals surface area contributed by atoms with Crippen LogP contribution in [0.15, 0.2) is 47.6 Å². The first-order chi connectivity index (χ1) is 10.0. The van der Waals surface area contributed by atoms with Crippen LogP contribution in [0.3, 0.4) is 0 Å². The second kappa shape index (κ2) is 7.04. The van der Waals surface area contributed by atoms with Crippen LogP contribution < -0.4 is 5.43 Å². The van der Waals surface area contributed by atoms with E-state index in [4.69, 9.17) is 11.6 Å². The summed E-state index contributed by atoms with van der Waals surface area (Å²) in [6, 6.07) is 13.3. The highest BCUT2D eigenvalue weighted by Crippen LogP contribution is 2.11. The van der Waals surface area contributed by atoms with Crippen molar-refractivity contribution in [2.45, 2.75) is 20.3 Å². The van der Waals surface area contributed by atoms with Gasteiger partial charge in [-0.3, -0.25) is 4.79 Å². The van der Waals surface area contributed by atoms with E-state index in [1.54, 1.807) is 18.3 Å². The van der Waals surface area contributed by atoms with Crippen molar-refractivity contribution in [3.05, 3.63) is 69.7 Å². The van der Waals surface area contributed by atoms with Gasteiger partial charge in [0.15, 0.2) is 0 Å². The number of hydrogen-bond acceptors (Lipinski definition) is 2. The lowest BCUT2D eigenvalue weighted by Crippen LogP contribution is -2.20. The molecule has 4 heteroatoms. The van der Waals surface area contributed by atoms with Crippen molar-refractivity contribution < 1.29 is 4.79 Å². The van der Waals surface area contributed by atoms with Crippen molar-refractivity contribution in [1.82, 2.24) is 5.43 Å². The maximum absolute atomic E-state index is 11.9. The first-order valence-electron chi connectivity index (χ1n) is 6.68. The number of carbonyl (C=O) groups is 1. The third-order valence-electron chi connectivity index (χ3n) is 3.10. The lowest BCUT2D eigenvalue weighted by atomic mass is 10.0. The molecule has 0 aliphatic rings. The average Bonchev–Trinajstić information content (AvgIpc) is 2.42. The third-order valence-corrected chi connectivity index (χ3v) is 3.34. The fourth-order valence-electron chi connectivity index (χ4n) is 2.02. The Hall–Kier alpha value is -2.13. The van der Waals surface area contributed by atoms with Gasteiger partial charge in [0, 0.05) is 5.02 Å². The van der Waals surface area contributed by atoms with Crippen LogP contribution in [0.1, 0.15) is 22.3 Å². The van der Waals surface area contributed by atoms with Crippen LogP contribution in [0.4, 0.5) is 0 Å². The molecule has 0 bridgehead atoms. The molecule has 0 aliphatic heterocycles. The van der Waals surface area contributed by atoms with Gasteiger partial charge in [0.05, 0.1) is 12.6 Å². The number of rotatable bonds is 4. The highest BCUT2D eigenvalue weighted by Gasteiger charge is 2.05. The van der Waals surface area contributed by atoms with Crippen LogP contribution in [-0.4, -0.2) is 12.1 Å². The van der Waals surface area contributed by atoms with Crippen molar-refractivity contribution in [1.29, 1.82) is 0 Å². The van der Waals surface area contributed by atoms with Gasteiger partial charge in [-0.25, -0.2) is 5.43 Å². The second-order valence-corrected chi connectivity index (χ2v) is 5.39. The van der Waals surface area contributed by atoms with Crippen molar-refractivity contribution in [2.24, 2.45) is 5.10 Å². The van der Waals surface area contributed by atoms with Crippen molar-refractivity contribution in [2.75, 3.05) is 0 Å². The fraction of sp³-hybridized carbons (Fsp3) is 0.176. The Bertz CT molecular complexity index is 680. The SMILES string of the molecule is Cc1ccc(CC(=O)N/N=C\c2cccc(Cl)c2)c(C)c1. The number of nitrogens with one attached hydrogen (secondary N) is 1. The molecule has 108 valence electrons. The summed E-state index contributed by atoms with van der Waals surface area (Å²) >= 11 is 5.87. The van der Waals surface area contributed by atoms with E-state index in [1.807, 2.05) is 38.1 Å². The molecule has 0 saturated carbocycles. The predicted octanol–water partition coefficient (Wildman–Crippen LogP) is 3.65. The first kappa shape index (κ1) is 15.3. The molecule has 0 atom stereocenters. The third kappa shape index (κ3) is 4.72. The molecule has 0 spiro atoms. The van der Waals surface area contributed by atoms with Gasteiger partial charge in [-0.15, -0.1) is 0 Å². The average molecular weight is 301 g/mol. The van der Waals surface area contributed by atoms with E-state index in [0.29, 0.717) is 11.4 Å². The van der Waals surface area contributed by atoms with Crippen LogP contribution in [0.2, 0.25) is 5.02 Å². The summed E-state index contributed by atoms with van der Waals surface area (Å²) in [5, 5.41) is 4.58. The summed E-state index contributed by atoms with van der Waals surface area (Å²) in [6.07, 6.45) is 1.89. The molecule has 0 heterocycles. The number of nitrogens with zero attached hydrogens (tertiary/aromatic N) is 1. The van der Waals surface area contributed by atoms with Crippen LogP contribution in [0.25, 0.3) is 0 Å². The molecule has 0 aromatic heterocycles. The van der Waals surface area contributed by atoms with Crippen LogP contribution in [0, 0.1) is 13.8 Å². The number of amides is 1. The molecule has 0 radical (unpaired) electrons. The van der Waals surface area contributed by atoms with Gasteiger partial charge in [0.1, 0.15) is 0 Å². The Kier molecular flexibility index (Phi) is 5.12. The number of carbonyl (C=O) groups excluding carboxylic acids is 1. The quantitative estimate of drug-likeness (QED) is 0.679. The molecule has 0 fully saturated rings. The lowest BCUT2D eigenvalue weighted by Gasteiger charge is -2.05. The molecule has 3 nitrogen and oxygen atoms in total. The Morgan fingerprint density at radius 3 is 2.76 bits per heavy atom. The largest absolute Gasteiger partial charge is 0.273 e. The number of hydrogen-bond donors (Lipinski definition) is 1. The maximum atomic E-state index is 11.9. The normalized spacial score (nSPS) is 10.8. The van der Waals surface area contributed by atoms with E-state index in [1.165, 1.54) is 5.56 Å². The van der Waals surface area contributed by atoms with E-state index in [9.17, 15) is 4.79 Å². The highest BCUT2D eigenvalue weighted by atomic mass is 35.5. The van der Waals surface area contributed by atoms with Crippen LogP contribution in [-0.2, 0) is 11.2 Å². The molecule has 1 amide bonds. The molecule has 2 aromatic rings.